The van der Waals surface area contributed by atoms with Gasteiger partial charge in [-0.15, -0.1) is 0 Å². The number of hydrogen-bond acceptors (Lipinski definition) is 3. The quantitative estimate of drug-likeness (QED) is 0.458. The molecule has 114 valence electrons. The molecule has 0 saturated heterocycles. The minimum Gasteiger partial charge on any atom is -0.323 e. The zero-order valence-corrected chi connectivity index (χ0v) is 12.8. The van der Waals surface area contributed by atoms with E-state index in [0.29, 0.717) is 5.56 Å². The number of rotatable bonds is 3. The number of carbonyl (C=O) groups is 1. The normalized spacial score (nSPS) is 11.0. The third kappa shape index (κ3) is 3.06. The molecule has 23 heavy (non-hydrogen) atoms. The summed E-state index contributed by atoms with van der Waals surface area (Å²) in [5.41, 5.74) is 2.46. The summed E-state index contributed by atoms with van der Waals surface area (Å²) in [6.45, 7) is 0. The molecule has 0 aromatic heterocycles. The van der Waals surface area contributed by atoms with Gasteiger partial charge >= 0.3 is 0 Å². The van der Waals surface area contributed by atoms with E-state index in [1.54, 1.807) is 18.2 Å². The van der Waals surface area contributed by atoms with Crippen molar-refractivity contribution in [2.45, 2.75) is 0 Å². The Hall–Kier alpha value is -3.14. The van der Waals surface area contributed by atoms with Gasteiger partial charge in [0.05, 0.1) is 6.21 Å². The Kier molecular flexibility index (Phi) is 4.06. The second-order valence-corrected chi connectivity index (χ2v) is 5.30. The van der Waals surface area contributed by atoms with Crippen LogP contribution in [0.2, 0.25) is 0 Å². The minimum absolute atomic E-state index is 0.0364. The molecule has 2 N–H and O–H groups in total. The number of hydrazone groups is 1. The highest BCUT2D eigenvalue weighted by Gasteiger charge is 2.13. The lowest BCUT2D eigenvalue weighted by Crippen LogP contribution is -2.26. The maximum Gasteiger partial charge on any atom is 0.258 e. The molecule has 0 spiro atoms. The molecule has 0 heterocycles. The molecule has 0 unspecified atom stereocenters. The van der Waals surface area contributed by atoms with Crippen molar-refractivity contribution in [3.8, 4) is 0 Å². The zero-order chi connectivity index (χ0) is 16.2. The van der Waals surface area contributed by atoms with E-state index in [0.717, 1.165) is 22.0 Å². The standard InChI is InChI=1S/C19H17N3O/c1-22(18-5-3-2-4-6-18)19(23)17-10-9-15-11-14(13-21-20)7-8-16(15)12-17/h2-13H,20H2,1H3. The van der Waals surface area contributed by atoms with Crippen LogP contribution in [0.5, 0.6) is 0 Å². The number of anilines is 1. The molecule has 4 nitrogen and oxygen atoms in total. The van der Waals surface area contributed by atoms with Gasteiger partial charge in [0, 0.05) is 18.3 Å². The predicted octanol–water partition coefficient (Wildman–Crippen LogP) is 3.41. The van der Waals surface area contributed by atoms with E-state index in [2.05, 4.69) is 5.10 Å². The second-order valence-electron chi connectivity index (χ2n) is 5.30. The van der Waals surface area contributed by atoms with Crippen molar-refractivity contribution >= 4 is 28.6 Å². The van der Waals surface area contributed by atoms with Crippen LogP contribution in [0.3, 0.4) is 0 Å². The van der Waals surface area contributed by atoms with Crippen LogP contribution in [0.25, 0.3) is 10.8 Å². The fraction of sp³-hybridized carbons (Fsp3) is 0.0526. The monoisotopic (exact) mass is 303 g/mol. The zero-order valence-electron chi connectivity index (χ0n) is 12.8. The molecule has 1 amide bonds. The largest absolute Gasteiger partial charge is 0.323 e. The molecule has 3 aromatic carbocycles. The topological polar surface area (TPSA) is 58.7 Å². The molecule has 0 saturated carbocycles. The summed E-state index contributed by atoms with van der Waals surface area (Å²) in [6, 6.07) is 21.2. The third-order valence-corrected chi connectivity index (χ3v) is 3.78. The first kappa shape index (κ1) is 14.8. The van der Waals surface area contributed by atoms with Crippen LogP contribution in [0.15, 0.2) is 71.8 Å². The van der Waals surface area contributed by atoms with Gasteiger partial charge in [-0.05, 0) is 46.7 Å². The summed E-state index contributed by atoms with van der Waals surface area (Å²) < 4.78 is 0. The summed E-state index contributed by atoms with van der Waals surface area (Å²) in [6.07, 6.45) is 1.60. The number of para-hydroxylation sites is 1. The van der Waals surface area contributed by atoms with Crippen LogP contribution < -0.4 is 10.7 Å². The Morgan fingerprint density at radius 2 is 1.70 bits per heavy atom. The van der Waals surface area contributed by atoms with Gasteiger partial charge in [0.15, 0.2) is 0 Å². The highest BCUT2D eigenvalue weighted by atomic mass is 16.2. The number of hydrogen-bond donors (Lipinski definition) is 1. The van der Waals surface area contributed by atoms with Gasteiger partial charge in [0.25, 0.3) is 5.91 Å². The van der Waals surface area contributed by atoms with Gasteiger partial charge in [-0.25, -0.2) is 0 Å². The maximum atomic E-state index is 12.6. The average Bonchev–Trinajstić information content (AvgIpc) is 2.61. The molecule has 3 rings (SSSR count). The number of carbonyl (C=O) groups excluding carboxylic acids is 1. The molecule has 0 bridgehead atoms. The van der Waals surface area contributed by atoms with E-state index in [1.807, 2.05) is 66.7 Å². The van der Waals surface area contributed by atoms with Crippen molar-refractivity contribution in [2.75, 3.05) is 11.9 Å². The Morgan fingerprint density at radius 1 is 1.00 bits per heavy atom. The van der Waals surface area contributed by atoms with Crippen molar-refractivity contribution in [3.05, 3.63) is 77.9 Å². The smallest absolute Gasteiger partial charge is 0.258 e. The Morgan fingerprint density at radius 3 is 2.43 bits per heavy atom. The highest BCUT2D eigenvalue weighted by Crippen LogP contribution is 2.20. The van der Waals surface area contributed by atoms with Gasteiger partial charge in [-0.1, -0.05) is 36.4 Å². The summed E-state index contributed by atoms with van der Waals surface area (Å²) in [5, 5.41) is 5.58. The molecule has 0 aliphatic rings. The van der Waals surface area contributed by atoms with Crippen LogP contribution in [0.1, 0.15) is 15.9 Å². The Balaban J connectivity index is 1.94. The van der Waals surface area contributed by atoms with Crippen molar-refractivity contribution in [2.24, 2.45) is 10.9 Å². The van der Waals surface area contributed by atoms with Gasteiger partial charge < -0.3 is 10.7 Å². The van der Waals surface area contributed by atoms with E-state index >= 15 is 0 Å². The van der Waals surface area contributed by atoms with Crippen LogP contribution in [0.4, 0.5) is 5.69 Å². The van der Waals surface area contributed by atoms with E-state index in [-0.39, 0.29) is 5.91 Å². The van der Waals surface area contributed by atoms with E-state index < -0.39 is 0 Å². The number of nitrogens with zero attached hydrogens (tertiary/aromatic N) is 2. The first-order chi connectivity index (χ1) is 11.2. The van der Waals surface area contributed by atoms with Crippen LogP contribution >= 0.6 is 0 Å². The number of amides is 1. The van der Waals surface area contributed by atoms with Gasteiger partial charge in [0.1, 0.15) is 0 Å². The Bertz CT molecular complexity index is 872. The van der Waals surface area contributed by atoms with Gasteiger partial charge in [-0.3, -0.25) is 4.79 Å². The summed E-state index contributed by atoms with van der Waals surface area (Å²) in [7, 11) is 1.78. The highest BCUT2D eigenvalue weighted by molar-refractivity contribution is 6.07. The fourth-order valence-corrected chi connectivity index (χ4v) is 2.53. The predicted molar refractivity (Wildman–Crippen MR) is 94.9 cm³/mol. The van der Waals surface area contributed by atoms with Crippen LogP contribution in [-0.4, -0.2) is 19.2 Å². The molecule has 0 atom stereocenters. The molecular formula is C19H17N3O. The summed E-state index contributed by atoms with van der Waals surface area (Å²) in [5.74, 6) is 5.14. The fourth-order valence-electron chi connectivity index (χ4n) is 2.53. The molecule has 0 radical (unpaired) electrons. The number of fused-ring (bicyclic) bond motifs is 1. The number of nitrogens with two attached hydrogens (primary N) is 1. The molecule has 3 aromatic rings. The van der Waals surface area contributed by atoms with Crippen molar-refractivity contribution < 1.29 is 4.79 Å². The number of benzene rings is 3. The SMILES string of the molecule is CN(C(=O)c1ccc2cc(C=NN)ccc2c1)c1ccccc1. The maximum absolute atomic E-state index is 12.6. The summed E-state index contributed by atoms with van der Waals surface area (Å²) >= 11 is 0. The van der Waals surface area contributed by atoms with E-state index in [4.69, 9.17) is 5.84 Å². The van der Waals surface area contributed by atoms with Crippen molar-refractivity contribution in [1.82, 2.24) is 0 Å². The van der Waals surface area contributed by atoms with Crippen molar-refractivity contribution in [3.63, 3.8) is 0 Å². The Labute approximate surface area is 134 Å². The van der Waals surface area contributed by atoms with Gasteiger partial charge in [0.2, 0.25) is 0 Å². The van der Waals surface area contributed by atoms with Crippen LogP contribution in [0, 0.1) is 0 Å². The van der Waals surface area contributed by atoms with E-state index in [9.17, 15) is 4.79 Å². The van der Waals surface area contributed by atoms with Gasteiger partial charge in [-0.2, -0.15) is 5.10 Å². The average molecular weight is 303 g/mol. The lowest BCUT2D eigenvalue weighted by Gasteiger charge is -2.17. The summed E-state index contributed by atoms with van der Waals surface area (Å²) in [4.78, 5) is 14.3. The van der Waals surface area contributed by atoms with Crippen molar-refractivity contribution in [1.29, 1.82) is 0 Å². The molecule has 0 aliphatic heterocycles. The van der Waals surface area contributed by atoms with E-state index in [1.165, 1.54) is 0 Å². The van der Waals surface area contributed by atoms with Crippen LogP contribution in [-0.2, 0) is 0 Å². The first-order valence-electron chi connectivity index (χ1n) is 7.29. The third-order valence-electron chi connectivity index (χ3n) is 3.78. The lowest BCUT2D eigenvalue weighted by molar-refractivity contribution is 0.0993. The lowest BCUT2D eigenvalue weighted by atomic mass is 10.0. The molecule has 4 heteroatoms. The molecule has 0 fully saturated rings. The second kappa shape index (κ2) is 6.32. The first-order valence-corrected chi connectivity index (χ1v) is 7.29. The molecular weight excluding hydrogens is 286 g/mol. The minimum atomic E-state index is -0.0364. The molecule has 0 aliphatic carbocycles.